The molecule has 2 atom stereocenters. The lowest BCUT2D eigenvalue weighted by Crippen LogP contribution is -2.16. The van der Waals surface area contributed by atoms with Gasteiger partial charge in [0.15, 0.2) is 0 Å². The fraction of sp³-hybridized carbons (Fsp3) is 0.500. The van der Waals surface area contributed by atoms with Crippen LogP contribution in [-0.4, -0.2) is 47.4 Å². The number of aromatic nitrogens is 3. The molecule has 1 aliphatic carbocycles. The largest absolute Gasteiger partial charge is 0.416 e. The van der Waals surface area contributed by atoms with E-state index in [-0.39, 0.29) is 23.9 Å². The number of hydrogen-bond donors (Lipinski definition) is 0. The first-order valence-electron chi connectivity index (χ1n) is 9.52. The lowest BCUT2D eigenvalue weighted by molar-refractivity contribution is -0.0687. The summed E-state index contributed by atoms with van der Waals surface area (Å²) in [6.07, 6.45) is 0.463. The second-order valence-electron chi connectivity index (χ2n) is 7.51. The van der Waals surface area contributed by atoms with Crippen molar-refractivity contribution in [1.82, 2.24) is 14.8 Å². The molecule has 0 unspecified atom stereocenters. The van der Waals surface area contributed by atoms with Gasteiger partial charge in [-0.15, -0.1) is 0 Å². The van der Waals surface area contributed by atoms with Crippen molar-refractivity contribution in [2.75, 3.05) is 26.4 Å². The van der Waals surface area contributed by atoms with E-state index in [9.17, 15) is 13.2 Å². The molecule has 2 aromatic heterocycles. The molecule has 5 nitrogen and oxygen atoms in total. The third-order valence-corrected chi connectivity index (χ3v) is 5.73. The Bertz CT molecular complexity index is 890. The molecule has 2 fully saturated rings. The molecular weight excluding hydrogens is 371 g/mol. The van der Waals surface area contributed by atoms with E-state index >= 15 is 0 Å². The van der Waals surface area contributed by atoms with Gasteiger partial charge in [0, 0.05) is 48.6 Å². The minimum atomic E-state index is -4.38. The molecule has 0 spiro atoms. The first-order valence-corrected chi connectivity index (χ1v) is 9.52. The van der Waals surface area contributed by atoms with Crippen LogP contribution in [0.4, 0.5) is 13.2 Å². The Labute approximate surface area is 160 Å². The van der Waals surface area contributed by atoms with Crippen molar-refractivity contribution in [3.8, 4) is 11.3 Å². The molecule has 0 aromatic carbocycles. The minimum Gasteiger partial charge on any atom is -0.381 e. The minimum absolute atomic E-state index is 0.150. The van der Waals surface area contributed by atoms with E-state index in [0.29, 0.717) is 43.4 Å². The number of alkyl halides is 3. The van der Waals surface area contributed by atoms with Crippen molar-refractivity contribution in [3.05, 3.63) is 41.4 Å². The van der Waals surface area contributed by atoms with Crippen LogP contribution in [0.15, 0.2) is 24.4 Å². The highest BCUT2D eigenvalue weighted by molar-refractivity contribution is 5.78. The molecule has 0 bridgehead atoms. The van der Waals surface area contributed by atoms with Crippen LogP contribution in [0.5, 0.6) is 0 Å². The van der Waals surface area contributed by atoms with Gasteiger partial charge >= 0.3 is 6.18 Å². The van der Waals surface area contributed by atoms with Crippen molar-refractivity contribution < 1.29 is 22.6 Å². The van der Waals surface area contributed by atoms with Gasteiger partial charge in [-0.25, -0.2) is 0 Å². The number of hydrogen-bond acceptors (Lipinski definition) is 4. The number of rotatable bonds is 3. The molecular formula is C20H20F3N3O2. The van der Waals surface area contributed by atoms with Crippen LogP contribution in [0.25, 0.3) is 16.8 Å². The average Bonchev–Trinajstić information content (AvgIpc) is 3.46. The normalized spacial score (nSPS) is 24.6. The topological polar surface area (TPSA) is 49.2 Å². The van der Waals surface area contributed by atoms with Crippen LogP contribution >= 0.6 is 0 Å². The fourth-order valence-electron chi connectivity index (χ4n) is 4.24. The third-order valence-electron chi connectivity index (χ3n) is 5.73. The summed E-state index contributed by atoms with van der Waals surface area (Å²) < 4.78 is 53.0. The Hall–Kier alpha value is -2.19. The molecule has 5 rings (SSSR count). The SMILES string of the molecule is FC(F)(F)C1=CCc2ncc(-c3cc([C@@H]4CCOC4)n([C@H]4CCOC4)n3)cc21. The summed E-state index contributed by atoms with van der Waals surface area (Å²) in [5, 5.41) is 4.76. The molecule has 3 aliphatic rings. The number of fused-ring (bicyclic) bond motifs is 1. The molecule has 0 radical (unpaired) electrons. The van der Waals surface area contributed by atoms with E-state index in [4.69, 9.17) is 14.6 Å². The Balaban J connectivity index is 1.55. The van der Waals surface area contributed by atoms with Gasteiger partial charge in [-0.2, -0.15) is 18.3 Å². The fourth-order valence-corrected chi connectivity index (χ4v) is 4.24. The summed E-state index contributed by atoms with van der Waals surface area (Å²) in [5.41, 5.74) is 2.34. The first-order chi connectivity index (χ1) is 13.5. The van der Waals surface area contributed by atoms with Gasteiger partial charge < -0.3 is 9.47 Å². The number of nitrogens with zero attached hydrogens (tertiary/aromatic N) is 3. The number of pyridine rings is 1. The van der Waals surface area contributed by atoms with Crippen LogP contribution < -0.4 is 0 Å². The number of halogens is 3. The van der Waals surface area contributed by atoms with Gasteiger partial charge in [0.1, 0.15) is 0 Å². The molecule has 0 saturated carbocycles. The van der Waals surface area contributed by atoms with Gasteiger partial charge in [-0.3, -0.25) is 9.67 Å². The standard InChI is InChI=1S/C20H20F3N3O2/c21-20(22,23)16-1-2-17-15(16)7-13(9-24-17)18-8-19(12-3-5-27-10-12)26(25-18)14-4-6-28-11-14/h1,7-9,12,14H,2-6,10-11H2/t12-,14+/m1/s1. The van der Waals surface area contributed by atoms with Crippen LogP contribution in [0.3, 0.4) is 0 Å². The van der Waals surface area contributed by atoms with Crippen molar-refractivity contribution in [2.45, 2.75) is 37.4 Å². The summed E-state index contributed by atoms with van der Waals surface area (Å²) in [6, 6.07) is 3.70. The predicted octanol–water partition coefficient (Wildman–Crippen LogP) is 3.91. The lowest BCUT2D eigenvalue weighted by atomic mass is 10.0. The maximum Gasteiger partial charge on any atom is 0.416 e. The zero-order valence-corrected chi connectivity index (χ0v) is 15.2. The Morgan fingerprint density at radius 1 is 1.07 bits per heavy atom. The number of ether oxygens (including phenoxy) is 2. The van der Waals surface area contributed by atoms with Gasteiger partial charge in [-0.05, 0) is 25.0 Å². The van der Waals surface area contributed by atoms with E-state index in [1.165, 1.54) is 6.08 Å². The van der Waals surface area contributed by atoms with Gasteiger partial charge in [0.25, 0.3) is 0 Å². The predicted molar refractivity (Wildman–Crippen MR) is 95.8 cm³/mol. The molecule has 8 heteroatoms. The van der Waals surface area contributed by atoms with Gasteiger partial charge in [-0.1, -0.05) is 6.08 Å². The van der Waals surface area contributed by atoms with Crippen LogP contribution in [-0.2, 0) is 15.9 Å². The molecule has 2 saturated heterocycles. The molecule has 0 amide bonds. The average molecular weight is 391 g/mol. The summed E-state index contributed by atoms with van der Waals surface area (Å²) in [4.78, 5) is 4.28. The van der Waals surface area contributed by atoms with Gasteiger partial charge in [0.05, 0.1) is 36.2 Å². The molecule has 0 N–H and O–H groups in total. The second kappa shape index (κ2) is 6.70. The van der Waals surface area contributed by atoms with Crippen molar-refractivity contribution in [3.63, 3.8) is 0 Å². The molecule has 2 aromatic rings. The zero-order chi connectivity index (χ0) is 19.3. The summed E-state index contributed by atoms with van der Waals surface area (Å²) in [5.74, 6) is 0.245. The van der Waals surface area contributed by atoms with Crippen LogP contribution in [0, 0.1) is 0 Å². The maximum atomic E-state index is 13.3. The summed E-state index contributed by atoms with van der Waals surface area (Å²) in [6.45, 7) is 2.65. The van der Waals surface area contributed by atoms with E-state index in [0.717, 1.165) is 18.5 Å². The van der Waals surface area contributed by atoms with Crippen molar-refractivity contribution in [1.29, 1.82) is 0 Å². The summed E-state index contributed by atoms with van der Waals surface area (Å²) >= 11 is 0. The van der Waals surface area contributed by atoms with E-state index in [1.54, 1.807) is 12.3 Å². The van der Waals surface area contributed by atoms with Crippen molar-refractivity contribution >= 4 is 5.57 Å². The van der Waals surface area contributed by atoms with E-state index < -0.39 is 11.7 Å². The van der Waals surface area contributed by atoms with Crippen molar-refractivity contribution in [2.24, 2.45) is 0 Å². The maximum absolute atomic E-state index is 13.3. The monoisotopic (exact) mass is 391 g/mol. The van der Waals surface area contributed by atoms with Crippen LogP contribution in [0.1, 0.15) is 41.8 Å². The highest BCUT2D eigenvalue weighted by Gasteiger charge is 2.38. The van der Waals surface area contributed by atoms with Gasteiger partial charge in [0.2, 0.25) is 0 Å². The molecule has 2 aliphatic heterocycles. The highest BCUT2D eigenvalue weighted by atomic mass is 19.4. The van der Waals surface area contributed by atoms with E-state index in [2.05, 4.69) is 4.98 Å². The quantitative estimate of drug-likeness (QED) is 0.796. The Morgan fingerprint density at radius 3 is 2.61 bits per heavy atom. The Kier molecular flexibility index (Phi) is 4.28. The van der Waals surface area contributed by atoms with Crippen LogP contribution in [0.2, 0.25) is 0 Å². The third kappa shape index (κ3) is 3.04. The Morgan fingerprint density at radius 2 is 1.89 bits per heavy atom. The highest BCUT2D eigenvalue weighted by Crippen LogP contribution is 2.41. The second-order valence-corrected chi connectivity index (χ2v) is 7.51. The first kappa shape index (κ1) is 17.9. The summed E-state index contributed by atoms with van der Waals surface area (Å²) in [7, 11) is 0. The molecule has 4 heterocycles. The number of allylic oxidation sites excluding steroid dienone is 2. The van der Waals surface area contributed by atoms with E-state index in [1.807, 2.05) is 10.7 Å². The lowest BCUT2D eigenvalue weighted by Gasteiger charge is -2.16. The zero-order valence-electron chi connectivity index (χ0n) is 15.2. The smallest absolute Gasteiger partial charge is 0.381 e. The molecule has 148 valence electrons. The molecule has 28 heavy (non-hydrogen) atoms.